The van der Waals surface area contributed by atoms with Crippen LogP contribution >= 0.6 is 0 Å². The molecule has 0 aromatic carbocycles. The van der Waals surface area contributed by atoms with Crippen LogP contribution in [0.1, 0.15) is 239 Å². The van der Waals surface area contributed by atoms with Gasteiger partial charge in [-0.15, -0.1) is 0 Å². The van der Waals surface area contributed by atoms with Crippen molar-refractivity contribution < 1.29 is 28.6 Å². The lowest BCUT2D eigenvalue weighted by molar-refractivity contribution is -0.167. The molecule has 6 heteroatoms. The minimum Gasteiger partial charge on any atom is -0.462 e. The zero-order valence-electron chi connectivity index (χ0n) is 46.8. The molecule has 410 valence electrons. The number of ether oxygens (including phenoxy) is 3. The molecule has 0 heterocycles. The first-order valence-corrected chi connectivity index (χ1v) is 29.3. The Balaban J connectivity index is 4.51. The van der Waals surface area contributed by atoms with Crippen molar-refractivity contribution in [1.29, 1.82) is 0 Å². The molecule has 0 N–H and O–H groups in total. The van der Waals surface area contributed by atoms with Crippen LogP contribution in [0.5, 0.6) is 0 Å². The lowest BCUT2D eigenvalue weighted by Crippen LogP contribution is -2.30. The van der Waals surface area contributed by atoms with Crippen LogP contribution in [0.15, 0.2) is 146 Å². The molecule has 0 spiro atoms. The fourth-order valence-corrected chi connectivity index (χ4v) is 7.47. The van der Waals surface area contributed by atoms with Gasteiger partial charge in [0.05, 0.1) is 0 Å². The van der Waals surface area contributed by atoms with Crippen molar-refractivity contribution in [3.8, 4) is 0 Å². The molecule has 0 rings (SSSR count). The third-order valence-corrected chi connectivity index (χ3v) is 11.8. The second-order valence-corrected chi connectivity index (χ2v) is 18.8. The molecule has 1 unspecified atom stereocenters. The van der Waals surface area contributed by atoms with Crippen molar-refractivity contribution in [2.24, 2.45) is 0 Å². The standard InChI is InChI=1S/C67H106O6/c1-4-7-10-13-16-19-22-25-28-30-31-32-33-34-35-37-39-42-45-48-51-54-57-60-66(69)72-63-64(62-71-65(68)59-56-53-50-47-44-41-38-27-24-21-18-15-12-9-6-3)73-67(70)61-58-55-52-49-46-43-40-36-29-26-23-20-17-14-11-8-5-2/h7-8,10-11,16-21,25-29,31-32,34-35,38,40,43,49,52,64H,4-6,9,12-15,22-24,30,33,36-37,39,41-42,44-48,50-51,53-63H2,1-3H3/b10-7-,11-8-,19-16-,20-17-,21-18-,28-25-,29-26-,32-31-,35-34-,38-27-,43-40-,52-49-. The summed E-state index contributed by atoms with van der Waals surface area (Å²) in [6.45, 7) is 6.31. The molecule has 0 amide bonds. The van der Waals surface area contributed by atoms with Crippen molar-refractivity contribution in [3.05, 3.63) is 146 Å². The zero-order valence-corrected chi connectivity index (χ0v) is 46.8. The van der Waals surface area contributed by atoms with Crippen LogP contribution in [0.4, 0.5) is 0 Å². The Morgan fingerprint density at radius 2 is 0.548 bits per heavy atom. The highest BCUT2D eigenvalue weighted by Gasteiger charge is 2.19. The summed E-state index contributed by atoms with van der Waals surface area (Å²) < 4.78 is 16.8. The van der Waals surface area contributed by atoms with Crippen LogP contribution in [0, 0.1) is 0 Å². The van der Waals surface area contributed by atoms with Crippen LogP contribution in [-0.4, -0.2) is 37.2 Å². The van der Waals surface area contributed by atoms with E-state index in [0.29, 0.717) is 19.3 Å². The largest absolute Gasteiger partial charge is 0.462 e. The lowest BCUT2D eigenvalue weighted by atomic mass is 10.1. The first-order valence-electron chi connectivity index (χ1n) is 29.3. The SMILES string of the molecule is CC/C=C\C/C=C\C/C=C\C/C=C\C/C=C\CCCCCCCCCC(=O)OCC(COC(=O)CCCCCCC/C=C\C/C=C\CCCCC)OC(=O)CCC/C=C\C/C=C\C/C=C\C/C=C\C/C=C\CC. The van der Waals surface area contributed by atoms with Crippen molar-refractivity contribution in [2.45, 2.75) is 245 Å². The molecular weight excluding hydrogens is 901 g/mol. The highest BCUT2D eigenvalue weighted by Crippen LogP contribution is 2.13. The zero-order chi connectivity index (χ0) is 52.9. The van der Waals surface area contributed by atoms with E-state index in [4.69, 9.17) is 14.2 Å². The van der Waals surface area contributed by atoms with Crippen molar-refractivity contribution >= 4 is 17.9 Å². The van der Waals surface area contributed by atoms with E-state index in [2.05, 4.69) is 167 Å². The molecule has 0 aromatic heterocycles. The Morgan fingerprint density at radius 1 is 0.288 bits per heavy atom. The number of hydrogen-bond donors (Lipinski definition) is 0. The van der Waals surface area contributed by atoms with Crippen molar-refractivity contribution in [1.82, 2.24) is 0 Å². The third kappa shape index (κ3) is 58.1. The van der Waals surface area contributed by atoms with Gasteiger partial charge in [-0.25, -0.2) is 0 Å². The predicted molar refractivity (Wildman–Crippen MR) is 315 cm³/mol. The number of carbonyl (C=O) groups excluding carboxylic acids is 3. The number of allylic oxidation sites excluding steroid dienone is 24. The Kier molecular flexibility index (Phi) is 56.0. The van der Waals surface area contributed by atoms with Gasteiger partial charge in [-0.2, -0.15) is 0 Å². The summed E-state index contributed by atoms with van der Waals surface area (Å²) in [7, 11) is 0. The number of carbonyl (C=O) groups is 3. The molecule has 73 heavy (non-hydrogen) atoms. The Hall–Kier alpha value is -4.71. The maximum atomic E-state index is 12.8. The van der Waals surface area contributed by atoms with Crippen LogP contribution in [-0.2, 0) is 28.6 Å². The summed E-state index contributed by atoms with van der Waals surface area (Å²) in [6.07, 6.45) is 85.5. The van der Waals surface area contributed by atoms with E-state index in [-0.39, 0.29) is 37.5 Å². The monoisotopic (exact) mass is 1010 g/mol. The first-order chi connectivity index (χ1) is 36.0. The van der Waals surface area contributed by atoms with Crippen molar-refractivity contribution in [2.75, 3.05) is 13.2 Å². The van der Waals surface area contributed by atoms with E-state index in [1.165, 1.54) is 51.4 Å². The molecule has 1 atom stereocenters. The average molecular weight is 1010 g/mol. The van der Waals surface area contributed by atoms with Crippen LogP contribution in [0.25, 0.3) is 0 Å². The number of unbranched alkanes of at least 4 members (excludes halogenated alkanes) is 16. The van der Waals surface area contributed by atoms with Gasteiger partial charge in [0, 0.05) is 19.3 Å². The van der Waals surface area contributed by atoms with E-state index >= 15 is 0 Å². The molecule has 0 radical (unpaired) electrons. The summed E-state index contributed by atoms with van der Waals surface area (Å²) in [5.74, 6) is -1.00. The van der Waals surface area contributed by atoms with Gasteiger partial charge in [0.15, 0.2) is 6.10 Å². The highest BCUT2D eigenvalue weighted by molar-refractivity contribution is 5.71. The number of rotatable bonds is 51. The summed E-state index contributed by atoms with van der Waals surface area (Å²) in [5, 5.41) is 0. The molecule has 0 aliphatic carbocycles. The van der Waals surface area contributed by atoms with Gasteiger partial charge < -0.3 is 14.2 Å². The summed E-state index contributed by atoms with van der Waals surface area (Å²) in [5.41, 5.74) is 0. The topological polar surface area (TPSA) is 78.9 Å². The average Bonchev–Trinajstić information content (AvgIpc) is 3.39. The molecule has 0 aromatic rings. The fraction of sp³-hybridized carbons (Fsp3) is 0.597. The summed E-state index contributed by atoms with van der Waals surface area (Å²) in [4.78, 5) is 38.2. The van der Waals surface area contributed by atoms with Gasteiger partial charge in [0.25, 0.3) is 0 Å². The minimum absolute atomic E-state index is 0.117. The molecular formula is C67H106O6. The quantitative estimate of drug-likeness (QED) is 0.0261. The lowest BCUT2D eigenvalue weighted by Gasteiger charge is -2.18. The third-order valence-electron chi connectivity index (χ3n) is 11.8. The van der Waals surface area contributed by atoms with E-state index in [9.17, 15) is 14.4 Å². The molecule has 0 saturated carbocycles. The van der Waals surface area contributed by atoms with Gasteiger partial charge in [-0.3, -0.25) is 14.4 Å². The maximum absolute atomic E-state index is 12.8. The predicted octanol–water partition coefficient (Wildman–Crippen LogP) is 20.0. The van der Waals surface area contributed by atoms with Gasteiger partial charge >= 0.3 is 17.9 Å². The van der Waals surface area contributed by atoms with E-state index < -0.39 is 6.10 Å². The molecule has 6 nitrogen and oxygen atoms in total. The Bertz CT molecular complexity index is 1630. The molecule has 0 aliphatic rings. The Morgan fingerprint density at radius 3 is 0.877 bits per heavy atom. The molecule has 0 saturated heterocycles. The molecule has 0 bridgehead atoms. The normalized spacial score (nSPS) is 13.2. The minimum atomic E-state index is -0.826. The van der Waals surface area contributed by atoms with Gasteiger partial charge in [0.1, 0.15) is 13.2 Å². The van der Waals surface area contributed by atoms with E-state index in [1.807, 2.05) is 0 Å². The van der Waals surface area contributed by atoms with Crippen LogP contribution in [0.2, 0.25) is 0 Å². The maximum Gasteiger partial charge on any atom is 0.306 e. The van der Waals surface area contributed by atoms with Gasteiger partial charge in [0.2, 0.25) is 0 Å². The number of hydrogen-bond acceptors (Lipinski definition) is 6. The molecule has 0 fully saturated rings. The summed E-state index contributed by atoms with van der Waals surface area (Å²) >= 11 is 0. The van der Waals surface area contributed by atoms with Crippen LogP contribution in [0.3, 0.4) is 0 Å². The van der Waals surface area contributed by atoms with Crippen molar-refractivity contribution in [3.63, 3.8) is 0 Å². The highest BCUT2D eigenvalue weighted by atomic mass is 16.6. The second-order valence-electron chi connectivity index (χ2n) is 18.8. The summed E-state index contributed by atoms with van der Waals surface area (Å²) in [6, 6.07) is 0. The number of esters is 3. The van der Waals surface area contributed by atoms with Crippen LogP contribution < -0.4 is 0 Å². The first kappa shape index (κ1) is 68.3. The molecule has 0 aliphatic heterocycles. The van der Waals surface area contributed by atoms with Gasteiger partial charge in [-0.1, -0.05) is 231 Å². The fourth-order valence-electron chi connectivity index (χ4n) is 7.47. The van der Waals surface area contributed by atoms with E-state index in [1.54, 1.807) is 0 Å². The second kappa shape index (κ2) is 59.8. The van der Waals surface area contributed by atoms with Gasteiger partial charge in [-0.05, 0) is 135 Å². The Labute approximate surface area is 448 Å². The smallest absolute Gasteiger partial charge is 0.306 e. The van der Waals surface area contributed by atoms with E-state index in [0.717, 1.165) is 141 Å².